The van der Waals surface area contributed by atoms with Crippen LogP contribution in [0.3, 0.4) is 0 Å². The number of hydrogen-bond acceptors (Lipinski definition) is 3. The van der Waals surface area contributed by atoms with E-state index in [9.17, 15) is 14.7 Å². The van der Waals surface area contributed by atoms with Crippen LogP contribution >= 0.6 is 23.2 Å². The number of aromatic nitrogens is 1. The molecule has 0 unspecified atom stereocenters. The van der Waals surface area contributed by atoms with Crippen molar-refractivity contribution >= 4 is 45.9 Å². The number of amides is 1. The van der Waals surface area contributed by atoms with Gasteiger partial charge in [-0.2, -0.15) is 0 Å². The molecule has 0 fully saturated rings. The second kappa shape index (κ2) is 7.62. The summed E-state index contributed by atoms with van der Waals surface area (Å²) >= 11 is 12.0. The summed E-state index contributed by atoms with van der Waals surface area (Å²) in [7, 11) is 0. The van der Waals surface area contributed by atoms with E-state index in [1.54, 1.807) is 31.2 Å². The fourth-order valence-corrected chi connectivity index (χ4v) is 3.43. The summed E-state index contributed by atoms with van der Waals surface area (Å²) in [4.78, 5) is 25.3. The van der Waals surface area contributed by atoms with Crippen LogP contribution in [0.25, 0.3) is 10.9 Å². The Bertz CT molecular complexity index is 1060. The summed E-state index contributed by atoms with van der Waals surface area (Å²) in [5.41, 5.74) is 2.32. The number of nitrogens with zero attached hydrogens (tertiary/aromatic N) is 1. The first-order chi connectivity index (χ1) is 12.8. The molecule has 27 heavy (non-hydrogen) atoms. The number of likely N-dealkylation sites (N-methyl/N-ethyl adjacent to an activating group) is 1. The molecule has 0 atom stereocenters. The summed E-state index contributed by atoms with van der Waals surface area (Å²) in [6.45, 7) is 4.14. The quantitative estimate of drug-likeness (QED) is 0.679. The first-order valence-electron chi connectivity index (χ1n) is 8.42. The number of benzene rings is 2. The molecule has 3 rings (SSSR count). The molecular weight excluding hydrogens is 387 g/mol. The molecule has 1 aromatic heterocycles. The molecule has 0 saturated heterocycles. The standard InChI is InChI=1S/C20H18Cl2N2O3/c1-3-23-19(26)10-14-11(2)24(18-7-5-13(25)9-15(14)18)20(27)12-4-6-16(21)17(22)8-12/h4-9,25H,3,10H2,1-2H3,(H,23,26). The molecule has 0 aliphatic rings. The van der Waals surface area contributed by atoms with Gasteiger partial charge in [0.2, 0.25) is 5.91 Å². The summed E-state index contributed by atoms with van der Waals surface area (Å²) in [5.74, 6) is -0.368. The maximum atomic E-state index is 13.2. The molecule has 1 heterocycles. The Morgan fingerprint density at radius 2 is 1.85 bits per heavy atom. The smallest absolute Gasteiger partial charge is 0.262 e. The number of hydrogen-bond donors (Lipinski definition) is 2. The van der Waals surface area contributed by atoms with Crippen LogP contribution in [0, 0.1) is 6.92 Å². The van der Waals surface area contributed by atoms with Crippen molar-refractivity contribution in [1.82, 2.24) is 9.88 Å². The van der Waals surface area contributed by atoms with E-state index in [-0.39, 0.29) is 29.0 Å². The normalized spacial score (nSPS) is 11.0. The minimum Gasteiger partial charge on any atom is -0.508 e. The van der Waals surface area contributed by atoms with Crippen LogP contribution in [0.2, 0.25) is 10.0 Å². The lowest BCUT2D eigenvalue weighted by molar-refractivity contribution is -0.120. The van der Waals surface area contributed by atoms with Gasteiger partial charge in [-0.25, -0.2) is 0 Å². The molecule has 0 aliphatic heterocycles. The maximum absolute atomic E-state index is 13.2. The van der Waals surface area contributed by atoms with Gasteiger partial charge in [-0.15, -0.1) is 0 Å². The lowest BCUT2D eigenvalue weighted by Crippen LogP contribution is -2.24. The highest BCUT2D eigenvalue weighted by Crippen LogP contribution is 2.31. The Balaban J connectivity index is 2.17. The van der Waals surface area contributed by atoms with Gasteiger partial charge in [-0.05, 0) is 55.8 Å². The highest BCUT2D eigenvalue weighted by molar-refractivity contribution is 6.42. The van der Waals surface area contributed by atoms with E-state index in [4.69, 9.17) is 23.2 Å². The molecule has 0 spiro atoms. The third kappa shape index (κ3) is 3.66. The van der Waals surface area contributed by atoms with E-state index >= 15 is 0 Å². The highest BCUT2D eigenvalue weighted by Gasteiger charge is 2.22. The molecule has 7 heteroatoms. The lowest BCUT2D eigenvalue weighted by Gasteiger charge is -2.09. The van der Waals surface area contributed by atoms with Crippen molar-refractivity contribution < 1.29 is 14.7 Å². The molecule has 0 saturated carbocycles. The number of fused-ring (bicyclic) bond motifs is 1. The number of rotatable bonds is 4. The highest BCUT2D eigenvalue weighted by atomic mass is 35.5. The van der Waals surface area contributed by atoms with Crippen LogP contribution in [0.5, 0.6) is 5.75 Å². The van der Waals surface area contributed by atoms with E-state index < -0.39 is 0 Å². The van der Waals surface area contributed by atoms with Crippen molar-refractivity contribution in [1.29, 1.82) is 0 Å². The van der Waals surface area contributed by atoms with Gasteiger partial charge in [0.15, 0.2) is 0 Å². The Morgan fingerprint density at radius 1 is 1.11 bits per heavy atom. The van der Waals surface area contributed by atoms with Crippen LogP contribution in [-0.2, 0) is 11.2 Å². The molecule has 0 radical (unpaired) electrons. The zero-order valence-corrected chi connectivity index (χ0v) is 16.4. The largest absolute Gasteiger partial charge is 0.508 e. The Labute approximate surface area is 166 Å². The summed E-state index contributed by atoms with van der Waals surface area (Å²) < 4.78 is 1.53. The second-order valence-corrected chi connectivity index (χ2v) is 6.98. The number of nitrogens with one attached hydrogen (secondary N) is 1. The monoisotopic (exact) mass is 404 g/mol. The molecule has 0 bridgehead atoms. The van der Waals surface area contributed by atoms with Gasteiger partial charge in [0.1, 0.15) is 5.75 Å². The molecule has 5 nitrogen and oxygen atoms in total. The van der Waals surface area contributed by atoms with E-state index in [1.807, 2.05) is 6.92 Å². The van der Waals surface area contributed by atoms with E-state index in [1.165, 1.54) is 16.7 Å². The lowest BCUT2D eigenvalue weighted by atomic mass is 10.1. The number of carbonyl (C=O) groups excluding carboxylic acids is 2. The average Bonchev–Trinajstić information content (AvgIpc) is 2.88. The third-order valence-corrected chi connectivity index (χ3v) is 5.14. The number of halogens is 2. The van der Waals surface area contributed by atoms with Crippen molar-refractivity contribution in [3.63, 3.8) is 0 Å². The summed E-state index contributed by atoms with van der Waals surface area (Å²) in [6.07, 6.45) is 0.112. The fourth-order valence-electron chi connectivity index (χ4n) is 3.13. The van der Waals surface area contributed by atoms with Crippen molar-refractivity contribution in [2.24, 2.45) is 0 Å². The maximum Gasteiger partial charge on any atom is 0.262 e. The summed E-state index contributed by atoms with van der Waals surface area (Å²) in [5, 5.41) is 14.0. The molecule has 2 aromatic carbocycles. The van der Waals surface area contributed by atoms with Gasteiger partial charge >= 0.3 is 0 Å². The minimum atomic E-state index is -0.288. The first-order valence-corrected chi connectivity index (χ1v) is 9.18. The number of phenolic OH excluding ortho intramolecular Hbond substituents is 1. The predicted molar refractivity (Wildman–Crippen MR) is 107 cm³/mol. The SMILES string of the molecule is CCNC(=O)Cc1c(C)n(C(=O)c2ccc(Cl)c(Cl)c2)c2ccc(O)cc12. The van der Waals surface area contributed by atoms with Crippen LogP contribution in [0.4, 0.5) is 0 Å². The minimum absolute atomic E-state index is 0.0683. The average molecular weight is 405 g/mol. The van der Waals surface area contributed by atoms with Gasteiger partial charge < -0.3 is 10.4 Å². The number of phenols is 1. The topological polar surface area (TPSA) is 71.3 Å². The van der Waals surface area contributed by atoms with Gasteiger partial charge in [0, 0.05) is 23.2 Å². The Hall–Kier alpha value is -2.50. The van der Waals surface area contributed by atoms with Crippen molar-refractivity contribution in [3.8, 4) is 5.75 Å². The van der Waals surface area contributed by atoms with Gasteiger partial charge in [0.25, 0.3) is 5.91 Å². The van der Waals surface area contributed by atoms with Crippen molar-refractivity contribution in [2.75, 3.05) is 6.54 Å². The zero-order valence-electron chi connectivity index (χ0n) is 14.8. The molecular formula is C20H18Cl2N2O3. The van der Waals surface area contributed by atoms with E-state index in [0.717, 1.165) is 0 Å². The first kappa shape index (κ1) is 19.3. The number of aromatic hydroxyl groups is 1. The zero-order chi connectivity index (χ0) is 19.7. The Morgan fingerprint density at radius 3 is 2.52 bits per heavy atom. The molecule has 1 amide bonds. The fraction of sp³-hybridized carbons (Fsp3) is 0.200. The molecule has 0 aliphatic carbocycles. The van der Waals surface area contributed by atoms with Crippen molar-refractivity contribution in [3.05, 3.63) is 63.3 Å². The second-order valence-electron chi connectivity index (χ2n) is 6.17. The summed E-state index contributed by atoms with van der Waals surface area (Å²) in [6, 6.07) is 9.42. The van der Waals surface area contributed by atoms with Crippen LogP contribution in [-0.4, -0.2) is 28.0 Å². The predicted octanol–water partition coefficient (Wildman–Crippen LogP) is 4.33. The van der Waals surface area contributed by atoms with E-state index in [0.29, 0.717) is 39.3 Å². The van der Waals surface area contributed by atoms with Crippen molar-refractivity contribution in [2.45, 2.75) is 20.3 Å². The number of carbonyl (C=O) groups is 2. The molecule has 3 aromatic rings. The van der Waals surface area contributed by atoms with Crippen LogP contribution in [0.1, 0.15) is 28.5 Å². The molecule has 140 valence electrons. The Kier molecular flexibility index (Phi) is 5.44. The van der Waals surface area contributed by atoms with Gasteiger partial charge in [0.05, 0.1) is 22.0 Å². The van der Waals surface area contributed by atoms with Crippen LogP contribution < -0.4 is 5.32 Å². The molecule has 2 N–H and O–H groups in total. The third-order valence-electron chi connectivity index (χ3n) is 4.40. The van der Waals surface area contributed by atoms with Gasteiger partial charge in [-0.1, -0.05) is 23.2 Å². The van der Waals surface area contributed by atoms with E-state index in [2.05, 4.69) is 5.32 Å². The van der Waals surface area contributed by atoms with Gasteiger partial charge in [-0.3, -0.25) is 14.2 Å². The van der Waals surface area contributed by atoms with Crippen LogP contribution in [0.15, 0.2) is 36.4 Å².